The predicted molar refractivity (Wildman–Crippen MR) is 155 cm³/mol. The number of ether oxygens (including phenoxy) is 2. The lowest BCUT2D eigenvalue weighted by Gasteiger charge is -2.29. The van der Waals surface area contributed by atoms with Gasteiger partial charge in [-0.1, -0.05) is 49.7 Å². The molecule has 0 aliphatic carbocycles. The molecule has 1 aliphatic rings. The van der Waals surface area contributed by atoms with Crippen LogP contribution in [0, 0.1) is 10.1 Å². The molecule has 2 atom stereocenters. The Hall–Kier alpha value is -3.60. The van der Waals surface area contributed by atoms with Crippen molar-refractivity contribution >= 4 is 46.6 Å². The van der Waals surface area contributed by atoms with Gasteiger partial charge < -0.3 is 19.3 Å². The third kappa shape index (κ3) is 6.41. The van der Waals surface area contributed by atoms with Crippen LogP contribution in [-0.4, -0.2) is 61.1 Å². The largest absolute Gasteiger partial charge is 0.497 e. The molecular weight excluding hydrogens is 554 g/mol. The fourth-order valence-electron chi connectivity index (χ4n) is 4.50. The number of benzene rings is 3. The quantitative estimate of drug-likeness (QED) is 0.163. The zero-order chi connectivity index (χ0) is 28.8. The summed E-state index contributed by atoms with van der Waals surface area (Å²) in [6, 6.07) is 18.4. The van der Waals surface area contributed by atoms with Crippen LogP contribution in [0.1, 0.15) is 35.0 Å². The van der Waals surface area contributed by atoms with Gasteiger partial charge in [0, 0.05) is 30.1 Å². The number of hydrogen-bond donors (Lipinski definition) is 0. The first kappa shape index (κ1) is 29.4. The molecule has 0 aromatic heterocycles. The van der Waals surface area contributed by atoms with Crippen molar-refractivity contribution < 1.29 is 24.0 Å². The predicted octanol–water partition coefficient (Wildman–Crippen LogP) is 6.00. The average molecular weight is 584 g/mol. The molecule has 3 aromatic rings. The number of likely N-dealkylation sites (N-methyl/N-ethyl adjacent to an activating group) is 1. The number of hydrogen-bond acceptors (Lipinski definition) is 8. The van der Waals surface area contributed by atoms with Crippen molar-refractivity contribution in [3.63, 3.8) is 0 Å². The molecule has 0 unspecified atom stereocenters. The van der Waals surface area contributed by atoms with Crippen LogP contribution in [0.4, 0.5) is 11.4 Å². The normalized spacial score (nSPS) is 16.8. The van der Waals surface area contributed by atoms with Crippen LogP contribution in [0.3, 0.4) is 0 Å². The minimum Gasteiger partial charge on any atom is -0.497 e. The van der Waals surface area contributed by atoms with E-state index >= 15 is 0 Å². The number of fused-ring (bicyclic) bond motifs is 1. The molecule has 0 spiro atoms. The molecule has 1 aliphatic heterocycles. The maximum absolute atomic E-state index is 14.3. The molecular formula is C29H30ClN3O6S. The van der Waals surface area contributed by atoms with Crippen molar-refractivity contribution in [2.24, 2.45) is 0 Å². The van der Waals surface area contributed by atoms with Crippen molar-refractivity contribution in [1.82, 2.24) is 4.90 Å². The van der Waals surface area contributed by atoms with E-state index in [-0.39, 0.29) is 22.2 Å². The molecule has 0 radical (unpaired) electrons. The molecule has 4 rings (SSSR count). The lowest BCUT2D eigenvalue weighted by molar-refractivity contribution is -0.384. The number of carbonyl (C=O) groups excluding carboxylic acids is 2. The highest BCUT2D eigenvalue weighted by atomic mass is 35.5. The number of nitro groups is 1. The van der Waals surface area contributed by atoms with E-state index in [2.05, 4.69) is 18.7 Å². The maximum Gasteiger partial charge on any atom is 0.340 e. The Morgan fingerprint density at radius 2 is 1.80 bits per heavy atom. The molecule has 9 nitrogen and oxygen atoms in total. The number of nitrogens with zero attached hydrogens (tertiary/aromatic N) is 3. The second-order valence-corrected chi connectivity index (χ2v) is 10.6. The van der Waals surface area contributed by atoms with Crippen LogP contribution in [0.5, 0.6) is 5.75 Å². The highest BCUT2D eigenvalue weighted by Crippen LogP contribution is 2.47. The van der Waals surface area contributed by atoms with Gasteiger partial charge in [0.2, 0.25) is 0 Å². The number of esters is 1. The molecule has 1 amide bonds. The summed E-state index contributed by atoms with van der Waals surface area (Å²) >= 11 is 7.67. The zero-order valence-electron chi connectivity index (χ0n) is 22.4. The SMILES string of the molecule is CCN(CC)CCN1C(=O)[C@H](OC(=O)c2ccc([N+](=O)[O-])cc2Cl)[C@H](c2ccc(OC)cc2)Sc2ccccc21. The van der Waals surface area contributed by atoms with E-state index in [0.29, 0.717) is 18.8 Å². The number of para-hydroxylation sites is 1. The summed E-state index contributed by atoms with van der Waals surface area (Å²) in [6.45, 7) is 6.84. The van der Waals surface area contributed by atoms with Crippen LogP contribution >= 0.6 is 23.4 Å². The smallest absolute Gasteiger partial charge is 0.340 e. The van der Waals surface area contributed by atoms with Crippen molar-refractivity contribution in [2.45, 2.75) is 30.1 Å². The molecule has 40 heavy (non-hydrogen) atoms. The van der Waals surface area contributed by atoms with E-state index in [0.717, 1.165) is 35.3 Å². The van der Waals surface area contributed by atoms with Gasteiger partial charge in [-0.25, -0.2) is 4.79 Å². The van der Waals surface area contributed by atoms with E-state index in [1.807, 2.05) is 36.4 Å². The Kier molecular flexibility index (Phi) is 9.67. The van der Waals surface area contributed by atoms with Gasteiger partial charge in [0.1, 0.15) is 5.75 Å². The van der Waals surface area contributed by atoms with Crippen LogP contribution in [-0.2, 0) is 9.53 Å². The van der Waals surface area contributed by atoms with Crippen molar-refractivity contribution in [2.75, 3.05) is 38.2 Å². The number of rotatable bonds is 10. The maximum atomic E-state index is 14.3. The molecule has 0 saturated heterocycles. The first-order valence-electron chi connectivity index (χ1n) is 12.9. The summed E-state index contributed by atoms with van der Waals surface area (Å²) in [5, 5.41) is 10.4. The molecule has 11 heteroatoms. The number of halogens is 1. The van der Waals surface area contributed by atoms with Gasteiger partial charge in [-0.05, 0) is 49.0 Å². The number of amides is 1. The average Bonchev–Trinajstić information content (AvgIpc) is 3.08. The van der Waals surface area contributed by atoms with Gasteiger partial charge in [-0.15, -0.1) is 11.8 Å². The summed E-state index contributed by atoms with van der Waals surface area (Å²) in [6.07, 6.45) is -1.21. The fourth-order valence-corrected chi connectivity index (χ4v) is 6.07. The topological polar surface area (TPSA) is 102 Å². The zero-order valence-corrected chi connectivity index (χ0v) is 24.0. The molecule has 0 fully saturated rings. The summed E-state index contributed by atoms with van der Waals surface area (Å²) in [5.41, 5.74) is 1.20. The van der Waals surface area contributed by atoms with Gasteiger partial charge in [-0.2, -0.15) is 0 Å². The van der Waals surface area contributed by atoms with Crippen molar-refractivity contribution in [3.8, 4) is 5.75 Å². The van der Waals surface area contributed by atoms with E-state index < -0.39 is 22.2 Å². The van der Waals surface area contributed by atoms with Crippen LogP contribution in [0.15, 0.2) is 71.6 Å². The Morgan fingerprint density at radius 1 is 1.10 bits per heavy atom. The Bertz CT molecular complexity index is 1380. The summed E-state index contributed by atoms with van der Waals surface area (Å²) in [5.74, 6) is -0.551. The lowest BCUT2D eigenvalue weighted by atomic mass is 10.0. The van der Waals surface area contributed by atoms with Gasteiger partial charge in [-0.3, -0.25) is 14.9 Å². The second-order valence-electron chi connectivity index (χ2n) is 9.04. The number of nitro benzene ring substituents is 1. The van der Waals surface area contributed by atoms with Gasteiger partial charge in [0.25, 0.3) is 11.6 Å². The van der Waals surface area contributed by atoms with Crippen molar-refractivity contribution in [1.29, 1.82) is 0 Å². The number of anilines is 1. The molecule has 3 aromatic carbocycles. The van der Waals surface area contributed by atoms with Crippen molar-refractivity contribution in [3.05, 3.63) is 93.0 Å². The van der Waals surface area contributed by atoms with Crippen LogP contribution in [0.25, 0.3) is 0 Å². The molecule has 1 heterocycles. The monoisotopic (exact) mass is 583 g/mol. The number of methoxy groups -OCH3 is 1. The number of carbonyl (C=O) groups is 2. The molecule has 0 saturated carbocycles. The summed E-state index contributed by atoms with van der Waals surface area (Å²) in [4.78, 5) is 43.0. The minimum absolute atomic E-state index is 0.0602. The van der Waals surface area contributed by atoms with E-state index in [1.165, 1.54) is 23.9 Å². The third-order valence-corrected chi connectivity index (χ3v) is 8.48. The van der Waals surface area contributed by atoms with Gasteiger partial charge in [0.05, 0.1) is 33.6 Å². The minimum atomic E-state index is -1.21. The van der Waals surface area contributed by atoms with Gasteiger partial charge >= 0.3 is 5.97 Å². The van der Waals surface area contributed by atoms with E-state index in [1.54, 1.807) is 24.1 Å². The fraction of sp³-hybridized carbons (Fsp3) is 0.310. The summed E-state index contributed by atoms with van der Waals surface area (Å²) in [7, 11) is 1.57. The highest BCUT2D eigenvalue weighted by Gasteiger charge is 2.41. The third-order valence-electron chi connectivity index (χ3n) is 6.79. The second kappa shape index (κ2) is 13.2. The Labute approximate surface area is 242 Å². The molecule has 210 valence electrons. The Morgan fingerprint density at radius 3 is 2.42 bits per heavy atom. The molecule has 0 bridgehead atoms. The van der Waals surface area contributed by atoms with E-state index in [9.17, 15) is 19.7 Å². The number of non-ortho nitro benzene ring substituents is 1. The first-order chi connectivity index (χ1) is 19.3. The van der Waals surface area contributed by atoms with Crippen LogP contribution < -0.4 is 9.64 Å². The van der Waals surface area contributed by atoms with E-state index in [4.69, 9.17) is 21.1 Å². The summed E-state index contributed by atoms with van der Waals surface area (Å²) < 4.78 is 11.3. The van der Waals surface area contributed by atoms with Gasteiger partial charge in [0.15, 0.2) is 6.10 Å². The first-order valence-corrected chi connectivity index (χ1v) is 14.1. The highest BCUT2D eigenvalue weighted by molar-refractivity contribution is 7.99. The standard InChI is InChI=1S/C29H30ClN3O6S/c1-4-31(5-2)16-17-32-24-8-6-7-9-25(24)40-27(19-10-13-21(38-3)14-11-19)26(28(32)34)39-29(35)22-15-12-20(33(36)37)18-23(22)30/h6-15,18,26-27H,4-5,16-17H2,1-3H3/t26-,27+/m1/s1. The lowest BCUT2D eigenvalue weighted by Crippen LogP contribution is -2.46. The molecule has 0 N–H and O–H groups in total. The van der Waals surface area contributed by atoms with Crippen LogP contribution in [0.2, 0.25) is 5.02 Å². The Balaban J connectivity index is 1.76. The number of thioether (sulfide) groups is 1.